The van der Waals surface area contributed by atoms with Gasteiger partial charge < -0.3 is 9.84 Å². The van der Waals surface area contributed by atoms with Crippen molar-refractivity contribution in [1.82, 2.24) is 20.6 Å². The molecule has 0 aliphatic heterocycles. The SMILES string of the molecule is COc1ccc(Cc2cc(C(O)=CC(=O)c3nn[nH]n3)cs2)cc1. The van der Waals surface area contributed by atoms with Crippen molar-refractivity contribution in [3.63, 3.8) is 0 Å². The number of aliphatic hydroxyl groups is 1. The molecular weight excluding hydrogens is 328 g/mol. The summed E-state index contributed by atoms with van der Waals surface area (Å²) in [4.78, 5) is 12.9. The van der Waals surface area contributed by atoms with E-state index in [4.69, 9.17) is 4.74 Å². The molecule has 0 fully saturated rings. The summed E-state index contributed by atoms with van der Waals surface area (Å²) in [6.07, 6.45) is 1.82. The van der Waals surface area contributed by atoms with Gasteiger partial charge in [0, 0.05) is 28.3 Å². The smallest absolute Gasteiger partial charge is 0.244 e. The van der Waals surface area contributed by atoms with Crippen LogP contribution in [0.3, 0.4) is 0 Å². The minimum atomic E-state index is -0.510. The second-order valence-corrected chi connectivity index (χ2v) is 5.95. The topological polar surface area (TPSA) is 101 Å². The quantitative estimate of drug-likeness (QED) is 0.406. The third-order valence-corrected chi connectivity index (χ3v) is 4.26. The van der Waals surface area contributed by atoms with Crippen molar-refractivity contribution < 1.29 is 14.6 Å². The maximum atomic E-state index is 11.8. The summed E-state index contributed by atoms with van der Waals surface area (Å²) < 4.78 is 5.14. The van der Waals surface area contributed by atoms with E-state index in [0.717, 1.165) is 28.7 Å². The fourth-order valence-corrected chi connectivity index (χ4v) is 3.00. The number of hydrogen-bond donors (Lipinski definition) is 2. The number of allylic oxidation sites excluding steroid dienone is 1. The number of aromatic nitrogens is 4. The predicted octanol–water partition coefficient (Wildman–Crippen LogP) is 2.64. The molecular formula is C16H14N4O3S. The third kappa shape index (κ3) is 3.66. The van der Waals surface area contributed by atoms with E-state index in [1.807, 2.05) is 30.3 Å². The molecule has 3 aromatic rings. The van der Waals surface area contributed by atoms with Gasteiger partial charge in [0.1, 0.15) is 11.5 Å². The highest BCUT2D eigenvalue weighted by atomic mass is 32.1. The number of nitrogens with zero attached hydrogens (tertiary/aromatic N) is 3. The van der Waals surface area contributed by atoms with E-state index in [0.29, 0.717) is 5.56 Å². The van der Waals surface area contributed by atoms with Crippen LogP contribution in [0.4, 0.5) is 0 Å². The Bertz CT molecular complexity index is 854. The summed E-state index contributed by atoms with van der Waals surface area (Å²) in [5.41, 5.74) is 1.72. The monoisotopic (exact) mass is 342 g/mol. The first-order chi connectivity index (χ1) is 11.7. The van der Waals surface area contributed by atoms with Crippen molar-refractivity contribution in [2.75, 3.05) is 7.11 Å². The number of rotatable bonds is 6. The molecule has 0 saturated heterocycles. The molecule has 0 aliphatic carbocycles. The maximum Gasteiger partial charge on any atom is 0.244 e. The van der Waals surface area contributed by atoms with Gasteiger partial charge in [-0.3, -0.25) is 4.79 Å². The zero-order valence-electron chi connectivity index (χ0n) is 12.8. The second-order valence-electron chi connectivity index (χ2n) is 4.96. The van der Waals surface area contributed by atoms with Gasteiger partial charge in [0.05, 0.1) is 7.11 Å². The Morgan fingerprint density at radius 2 is 2.17 bits per heavy atom. The highest BCUT2D eigenvalue weighted by molar-refractivity contribution is 7.10. The van der Waals surface area contributed by atoms with Crippen molar-refractivity contribution in [2.45, 2.75) is 6.42 Å². The lowest BCUT2D eigenvalue weighted by Crippen LogP contribution is -1.99. The number of tetrazole rings is 1. The van der Waals surface area contributed by atoms with Gasteiger partial charge >= 0.3 is 0 Å². The molecule has 122 valence electrons. The molecule has 3 rings (SSSR count). The number of hydrogen-bond acceptors (Lipinski definition) is 7. The fourth-order valence-electron chi connectivity index (χ4n) is 2.09. The van der Waals surface area contributed by atoms with E-state index < -0.39 is 5.78 Å². The molecule has 0 spiro atoms. The summed E-state index contributed by atoms with van der Waals surface area (Å²) in [5, 5.41) is 24.5. The average molecular weight is 342 g/mol. The van der Waals surface area contributed by atoms with Gasteiger partial charge in [-0.25, -0.2) is 0 Å². The molecule has 0 unspecified atom stereocenters. The standard InChI is InChI=1S/C16H14N4O3S/c1-23-12-4-2-10(3-5-12)6-13-7-11(9-24-13)14(21)8-15(22)16-17-19-20-18-16/h2-5,7-9,21H,6H2,1H3,(H,17,18,19,20). The molecule has 1 aromatic carbocycles. The fraction of sp³-hybridized carbons (Fsp3) is 0.125. The molecule has 0 radical (unpaired) electrons. The van der Waals surface area contributed by atoms with Gasteiger partial charge in [-0.1, -0.05) is 12.1 Å². The normalized spacial score (nSPS) is 11.5. The van der Waals surface area contributed by atoms with Gasteiger partial charge in [-0.2, -0.15) is 5.21 Å². The molecule has 2 aromatic heterocycles. The molecule has 0 aliphatic rings. The molecule has 0 amide bonds. The van der Waals surface area contributed by atoms with Crippen LogP contribution in [0.15, 0.2) is 41.8 Å². The Morgan fingerprint density at radius 1 is 1.38 bits per heavy atom. The lowest BCUT2D eigenvalue weighted by molar-refractivity contribution is 0.103. The second kappa shape index (κ2) is 7.05. The summed E-state index contributed by atoms with van der Waals surface area (Å²) >= 11 is 1.51. The van der Waals surface area contributed by atoms with Crippen LogP contribution in [0, 0.1) is 0 Å². The van der Waals surface area contributed by atoms with Gasteiger partial charge in [0.2, 0.25) is 11.6 Å². The summed E-state index contributed by atoms with van der Waals surface area (Å²) in [6, 6.07) is 9.65. The number of methoxy groups -OCH3 is 1. The van der Waals surface area contributed by atoms with Crippen LogP contribution in [-0.2, 0) is 6.42 Å². The first kappa shape index (κ1) is 15.9. The van der Waals surface area contributed by atoms with Crippen LogP contribution in [0.1, 0.15) is 26.6 Å². The van der Waals surface area contributed by atoms with E-state index >= 15 is 0 Å². The van der Waals surface area contributed by atoms with Crippen molar-refractivity contribution in [2.24, 2.45) is 0 Å². The Kier molecular flexibility index (Phi) is 4.66. The summed E-state index contributed by atoms with van der Waals surface area (Å²) in [7, 11) is 1.63. The number of aromatic amines is 1. The molecule has 8 heteroatoms. The van der Waals surface area contributed by atoms with Crippen molar-refractivity contribution in [3.05, 3.63) is 63.6 Å². The number of H-pyrrole nitrogens is 1. The van der Waals surface area contributed by atoms with E-state index in [9.17, 15) is 9.90 Å². The largest absolute Gasteiger partial charge is 0.507 e. The summed E-state index contributed by atoms with van der Waals surface area (Å²) in [5.74, 6) is 0.0904. The van der Waals surface area contributed by atoms with Crippen molar-refractivity contribution >= 4 is 22.9 Å². The first-order valence-corrected chi connectivity index (χ1v) is 7.93. The first-order valence-electron chi connectivity index (χ1n) is 7.05. The Balaban J connectivity index is 1.71. The molecule has 2 N–H and O–H groups in total. The highest BCUT2D eigenvalue weighted by Gasteiger charge is 2.11. The minimum Gasteiger partial charge on any atom is -0.507 e. The number of ether oxygens (including phenoxy) is 1. The Morgan fingerprint density at radius 3 is 2.83 bits per heavy atom. The van der Waals surface area contributed by atoms with Crippen molar-refractivity contribution in [1.29, 1.82) is 0 Å². The molecule has 0 saturated carbocycles. The van der Waals surface area contributed by atoms with Gasteiger partial charge in [0.15, 0.2) is 0 Å². The average Bonchev–Trinajstić information content (AvgIpc) is 3.27. The lowest BCUT2D eigenvalue weighted by atomic mass is 10.1. The van der Waals surface area contributed by atoms with Gasteiger partial charge in [-0.15, -0.1) is 21.5 Å². The van der Waals surface area contributed by atoms with Gasteiger partial charge in [0.25, 0.3) is 0 Å². The van der Waals surface area contributed by atoms with Gasteiger partial charge in [-0.05, 0) is 29.0 Å². The molecule has 2 heterocycles. The lowest BCUT2D eigenvalue weighted by Gasteiger charge is -2.01. The van der Waals surface area contributed by atoms with E-state index in [1.54, 1.807) is 12.5 Å². The van der Waals surface area contributed by atoms with Crippen LogP contribution in [-0.4, -0.2) is 38.6 Å². The number of carbonyl (C=O) groups excluding carboxylic acids is 1. The predicted molar refractivity (Wildman–Crippen MR) is 89.2 cm³/mol. The number of nitrogens with one attached hydrogen (secondary N) is 1. The van der Waals surface area contributed by atoms with E-state index in [1.165, 1.54) is 11.3 Å². The Labute approximate surface area is 141 Å². The number of carbonyl (C=O) groups is 1. The zero-order chi connectivity index (χ0) is 16.9. The molecule has 0 bridgehead atoms. The van der Waals surface area contributed by atoms with Crippen LogP contribution >= 0.6 is 11.3 Å². The number of ketones is 1. The summed E-state index contributed by atoms with van der Waals surface area (Å²) in [6.45, 7) is 0. The molecule has 0 atom stereocenters. The Hall–Kier alpha value is -3.00. The van der Waals surface area contributed by atoms with Crippen LogP contribution in [0.2, 0.25) is 0 Å². The highest BCUT2D eigenvalue weighted by Crippen LogP contribution is 2.24. The number of benzene rings is 1. The zero-order valence-corrected chi connectivity index (χ0v) is 13.6. The molecule has 7 nitrogen and oxygen atoms in total. The maximum absolute atomic E-state index is 11.8. The van der Waals surface area contributed by atoms with Crippen LogP contribution in [0.25, 0.3) is 5.76 Å². The van der Waals surface area contributed by atoms with Crippen LogP contribution in [0.5, 0.6) is 5.75 Å². The van der Waals surface area contributed by atoms with Crippen LogP contribution < -0.4 is 4.74 Å². The van der Waals surface area contributed by atoms with E-state index in [-0.39, 0.29) is 11.6 Å². The minimum absolute atomic E-state index is 0.0877. The number of aliphatic hydroxyl groups excluding tert-OH is 1. The number of thiophene rings is 1. The molecule has 24 heavy (non-hydrogen) atoms. The third-order valence-electron chi connectivity index (χ3n) is 3.32. The van der Waals surface area contributed by atoms with Crippen molar-refractivity contribution in [3.8, 4) is 5.75 Å². The van der Waals surface area contributed by atoms with E-state index in [2.05, 4.69) is 20.6 Å².